The SMILES string of the molecule is [2H]C([2H])(C(=O)OCC)C([2H])([2H])c1ccc(O)c(F)c1CC. The van der Waals surface area contributed by atoms with E-state index in [1.54, 1.807) is 0 Å². The zero-order valence-electron chi connectivity index (χ0n) is 13.7. The number of phenolic OH excluding ortho intramolecular Hbond substituents is 1. The largest absolute Gasteiger partial charge is 0.505 e. The van der Waals surface area contributed by atoms with Crippen LogP contribution in [0.3, 0.4) is 0 Å². The van der Waals surface area contributed by atoms with Crippen LogP contribution in [0.5, 0.6) is 5.75 Å². The van der Waals surface area contributed by atoms with Crippen molar-refractivity contribution in [2.24, 2.45) is 0 Å². The van der Waals surface area contributed by atoms with Crippen LogP contribution in [0.4, 0.5) is 4.39 Å². The van der Waals surface area contributed by atoms with Gasteiger partial charge in [-0.25, -0.2) is 4.39 Å². The maximum absolute atomic E-state index is 13.9. The molecule has 0 aliphatic heterocycles. The molecule has 0 fully saturated rings. The number of esters is 1. The number of carbonyl (C=O) groups excluding carboxylic acids is 1. The van der Waals surface area contributed by atoms with Gasteiger partial charge in [0.05, 0.1) is 6.61 Å². The summed E-state index contributed by atoms with van der Waals surface area (Å²) in [7, 11) is 0. The molecule has 0 amide bonds. The average Bonchev–Trinajstić information content (AvgIpc) is 2.41. The highest BCUT2D eigenvalue weighted by molar-refractivity contribution is 5.69. The van der Waals surface area contributed by atoms with Gasteiger partial charge in [0.2, 0.25) is 0 Å². The van der Waals surface area contributed by atoms with E-state index in [4.69, 9.17) is 5.48 Å². The Morgan fingerprint density at radius 3 is 2.82 bits per heavy atom. The van der Waals surface area contributed by atoms with Crippen LogP contribution in [0, 0.1) is 5.82 Å². The Bertz CT molecular complexity index is 546. The molecule has 17 heavy (non-hydrogen) atoms. The summed E-state index contributed by atoms with van der Waals surface area (Å²) in [6, 6.07) is 2.01. The lowest BCUT2D eigenvalue weighted by atomic mass is 10.00. The number of hydrogen-bond donors (Lipinski definition) is 1. The average molecular weight is 244 g/mol. The van der Waals surface area contributed by atoms with Gasteiger partial charge in [-0.1, -0.05) is 13.0 Å². The molecule has 1 aromatic rings. The first-order chi connectivity index (χ1) is 9.61. The molecule has 3 nitrogen and oxygen atoms in total. The lowest BCUT2D eigenvalue weighted by Gasteiger charge is -2.09. The molecule has 4 heteroatoms. The molecule has 0 saturated heterocycles. The number of phenols is 1. The minimum absolute atomic E-state index is 0.0357. The number of ether oxygens (including phenoxy) is 1. The second-order valence-electron chi connectivity index (χ2n) is 3.25. The van der Waals surface area contributed by atoms with E-state index in [9.17, 15) is 14.3 Å². The molecule has 0 unspecified atom stereocenters. The van der Waals surface area contributed by atoms with E-state index in [-0.39, 0.29) is 24.2 Å². The van der Waals surface area contributed by atoms with E-state index >= 15 is 0 Å². The number of halogens is 1. The van der Waals surface area contributed by atoms with Crippen molar-refractivity contribution in [3.63, 3.8) is 0 Å². The Hall–Kier alpha value is -1.58. The molecule has 0 aliphatic rings. The fraction of sp³-hybridized carbons (Fsp3) is 0.462. The first-order valence-corrected chi connectivity index (χ1v) is 5.29. The molecule has 1 rings (SSSR count). The number of hydrogen-bond acceptors (Lipinski definition) is 3. The van der Waals surface area contributed by atoms with E-state index in [1.807, 2.05) is 0 Å². The van der Waals surface area contributed by atoms with Gasteiger partial charge in [-0.3, -0.25) is 4.79 Å². The van der Waals surface area contributed by atoms with Gasteiger partial charge in [0.15, 0.2) is 11.6 Å². The van der Waals surface area contributed by atoms with Crippen molar-refractivity contribution >= 4 is 5.97 Å². The lowest BCUT2D eigenvalue weighted by Crippen LogP contribution is -2.07. The minimum Gasteiger partial charge on any atom is -0.505 e. The summed E-state index contributed by atoms with van der Waals surface area (Å²) in [5.41, 5.74) is -0.494. The Balaban J connectivity index is 3.43. The Morgan fingerprint density at radius 2 is 2.24 bits per heavy atom. The monoisotopic (exact) mass is 244 g/mol. The number of rotatable bonds is 5. The molecule has 0 aromatic heterocycles. The molecular weight excluding hydrogens is 223 g/mol. The first kappa shape index (κ1) is 8.50. The van der Waals surface area contributed by atoms with Crippen LogP contribution in [-0.2, 0) is 22.3 Å². The Morgan fingerprint density at radius 1 is 1.53 bits per heavy atom. The maximum Gasteiger partial charge on any atom is 0.306 e. The van der Waals surface area contributed by atoms with Crippen molar-refractivity contribution in [2.45, 2.75) is 33.0 Å². The zero-order chi connectivity index (χ0) is 16.4. The second-order valence-corrected chi connectivity index (χ2v) is 3.25. The van der Waals surface area contributed by atoms with Gasteiger partial charge in [-0.2, -0.15) is 0 Å². The molecule has 1 N–H and O–H groups in total. The van der Waals surface area contributed by atoms with Crippen molar-refractivity contribution in [3.05, 3.63) is 29.1 Å². The quantitative estimate of drug-likeness (QED) is 0.810. The summed E-state index contributed by atoms with van der Waals surface area (Å²) in [6.07, 6.45) is -5.76. The van der Waals surface area contributed by atoms with Crippen molar-refractivity contribution in [1.82, 2.24) is 0 Å². The van der Waals surface area contributed by atoms with Crippen molar-refractivity contribution < 1.29 is 24.5 Å². The fourth-order valence-corrected chi connectivity index (χ4v) is 1.36. The summed E-state index contributed by atoms with van der Waals surface area (Å²) in [5.74, 6) is -3.02. The van der Waals surface area contributed by atoms with Crippen molar-refractivity contribution in [2.75, 3.05) is 6.61 Å². The topological polar surface area (TPSA) is 46.5 Å². The van der Waals surface area contributed by atoms with Crippen molar-refractivity contribution in [1.29, 1.82) is 0 Å². The fourth-order valence-electron chi connectivity index (χ4n) is 1.36. The summed E-state index contributed by atoms with van der Waals surface area (Å²) >= 11 is 0. The van der Waals surface area contributed by atoms with E-state index in [1.165, 1.54) is 13.8 Å². The normalized spacial score (nSPS) is 15.5. The van der Waals surface area contributed by atoms with Crippen LogP contribution in [-0.4, -0.2) is 17.7 Å². The number of aryl methyl sites for hydroxylation is 1. The number of benzene rings is 1. The van der Waals surface area contributed by atoms with Gasteiger partial charge in [0.1, 0.15) is 0 Å². The highest BCUT2D eigenvalue weighted by Crippen LogP contribution is 2.24. The lowest BCUT2D eigenvalue weighted by molar-refractivity contribution is -0.143. The molecule has 0 radical (unpaired) electrons. The van der Waals surface area contributed by atoms with Crippen LogP contribution in [0.1, 0.15) is 36.8 Å². The Kier molecular flexibility index (Phi) is 3.11. The third-order valence-electron chi connectivity index (χ3n) is 2.15. The Labute approximate surface area is 106 Å². The van der Waals surface area contributed by atoms with Crippen LogP contribution in [0.15, 0.2) is 12.1 Å². The van der Waals surface area contributed by atoms with Crippen LogP contribution < -0.4 is 0 Å². The van der Waals surface area contributed by atoms with Crippen LogP contribution in [0.2, 0.25) is 0 Å². The van der Waals surface area contributed by atoms with E-state index in [0.717, 1.165) is 12.1 Å². The van der Waals surface area contributed by atoms with Crippen LogP contribution in [0.25, 0.3) is 0 Å². The third kappa shape index (κ3) is 3.44. The summed E-state index contributed by atoms with van der Waals surface area (Å²) in [5, 5.41) is 9.33. The zero-order valence-corrected chi connectivity index (χ0v) is 9.71. The minimum atomic E-state index is -2.99. The molecule has 0 saturated carbocycles. The van der Waals surface area contributed by atoms with E-state index in [2.05, 4.69) is 4.74 Å². The van der Waals surface area contributed by atoms with Gasteiger partial charge in [0, 0.05) is 11.9 Å². The van der Waals surface area contributed by atoms with E-state index in [0.29, 0.717) is 0 Å². The van der Waals surface area contributed by atoms with Gasteiger partial charge < -0.3 is 9.84 Å². The van der Waals surface area contributed by atoms with Gasteiger partial charge in [-0.15, -0.1) is 0 Å². The third-order valence-corrected chi connectivity index (χ3v) is 2.15. The molecule has 0 heterocycles. The number of carbonyl (C=O) groups is 1. The maximum atomic E-state index is 13.9. The number of aromatic hydroxyl groups is 1. The summed E-state index contributed by atoms with van der Waals surface area (Å²) in [6.45, 7) is 2.91. The van der Waals surface area contributed by atoms with Gasteiger partial charge in [-0.05, 0) is 36.9 Å². The molecular formula is C13H17FO3. The highest BCUT2D eigenvalue weighted by Gasteiger charge is 2.12. The standard InChI is InChI=1S/C13H17FO3/c1-3-10-9(5-7-11(15)13(10)14)6-8-12(16)17-4-2/h5,7,15H,3-4,6,8H2,1-2H3/i6D2,8D2. The summed E-state index contributed by atoms with van der Waals surface area (Å²) in [4.78, 5) is 11.7. The second kappa shape index (κ2) is 6.23. The smallest absolute Gasteiger partial charge is 0.306 e. The predicted octanol–water partition coefficient (Wildman–Crippen LogP) is 2.59. The van der Waals surface area contributed by atoms with E-state index < -0.39 is 30.3 Å². The molecule has 0 spiro atoms. The molecule has 1 aromatic carbocycles. The predicted molar refractivity (Wildman–Crippen MR) is 62.4 cm³/mol. The van der Waals surface area contributed by atoms with Crippen molar-refractivity contribution in [3.8, 4) is 5.75 Å². The molecule has 94 valence electrons. The molecule has 0 bridgehead atoms. The van der Waals surface area contributed by atoms with Crippen LogP contribution >= 0.6 is 0 Å². The molecule has 0 aliphatic carbocycles. The van der Waals surface area contributed by atoms with Gasteiger partial charge in [0.25, 0.3) is 0 Å². The summed E-state index contributed by atoms with van der Waals surface area (Å²) < 4.78 is 49.7. The molecule has 0 atom stereocenters. The van der Waals surface area contributed by atoms with Gasteiger partial charge >= 0.3 is 5.97 Å². The highest BCUT2D eigenvalue weighted by atomic mass is 19.1. The first-order valence-electron chi connectivity index (χ1n) is 7.29.